The Kier molecular flexibility index (Phi) is 2.14. The van der Waals surface area contributed by atoms with Crippen LogP contribution >= 0.6 is 0 Å². The molecule has 0 radical (unpaired) electrons. The number of benzene rings is 1. The van der Waals surface area contributed by atoms with E-state index in [0.717, 1.165) is 10.9 Å². The minimum absolute atomic E-state index is 0.0954. The van der Waals surface area contributed by atoms with E-state index < -0.39 is 0 Å². The molecule has 1 heterocycles. The lowest BCUT2D eigenvalue weighted by molar-refractivity contribution is 0.476. The maximum absolute atomic E-state index is 9.38. The molecule has 2 nitrogen and oxygen atoms in total. The van der Waals surface area contributed by atoms with Gasteiger partial charge in [0.15, 0.2) is 0 Å². The largest absolute Gasteiger partial charge is 0.508 e. The van der Waals surface area contributed by atoms with E-state index in [9.17, 15) is 5.11 Å². The molecule has 0 spiro atoms. The van der Waals surface area contributed by atoms with E-state index in [4.69, 9.17) is 0 Å². The summed E-state index contributed by atoms with van der Waals surface area (Å²) >= 11 is 0. The number of rotatable bonds is 0. The third-order valence-electron chi connectivity index (χ3n) is 2.53. The average Bonchev–Trinajstić information content (AvgIpc) is 2.15. The maximum Gasteiger partial charge on any atom is 0.117 e. The lowest BCUT2D eigenvalue weighted by Gasteiger charge is -2.20. The van der Waals surface area contributed by atoms with Gasteiger partial charge in [-0.15, -0.1) is 0 Å². The summed E-state index contributed by atoms with van der Waals surface area (Å²) < 4.78 is 0. The van der Waals surface area contributed by atoms with Gasteiger partial charge >= 0.3 is 0 Å². The monoisotopic (exact) mass is 201 g/mol. The van der Waals surface area contributed by atoms with Crippen molar-refractivity contribution in [3.63, 3.8) is 0 Å². The second-order valence-electron chi connectivity index (χ2n) is 4.81. The standard InChI is InChI=1S/C13H15NO/c1-13(2,3)11-6-7-14-12-8-9(15)4-5-10(11)12/h4-8,15H,1-3H3. The number of phenols is 1. The van der Waals surface area contributed by atoms with Gasteiger partial charge in [0.05, 0.1) is 5.52 Å². The van der Waals surface area contributed by atoms with E-state index in [1.165, 1.54) is 5.56 Å². The van der Waals surface area contributed by atoms with Gasteiger partial charge in [-0.05, 0) is 29.2 Å². The predicted octanol–water partition coefficient (Wildman–Crippen LogP) is 3.24. The SMILES string of the molecule is CC(C)(C)c1ccnc2cc(O)ccc12. The summed E-state index contributed by atoms with van der Waals surface area (Å²) in [7, 11) is 0. The van der Waals surface area contributed by atoms with Gasteiger partial charge in [-0.2, -0.15) is 0 Å². The van der Waals surface area contributed by atoms with Crippen molar-refractivity contribution in [1.29, 1.82) is 0 Å². The summed E-state index contributed by atoms with van der Waals surface area (Å²) in [6.07, 6.45) is 1.79. The molecule has 0 saturated carbocycles. The number of nitrogens with zero attached hydrogens (tertiary/aromatic N) is 1. The maximum atomic E-state index is 9.38. The van der Waals surface area contributed by atoms with Crippen LogP contribution in [-0.2, 0) is 5.41 Å². The zero-order chi connectivity index (χ0) is 11.1. The molecule has 0 atom stereocenters. The third-order valence-corrected chi connectivity index (χ3v) is 2.53. The summed E-state index contributed by atoms with van der Waals surface area (Å²) in [5.41, 5.74) is 2.20. The van der Waals surface area contributed by atoms with Crippen LogP contribution in [0.2, 0.25) is 0 Å². The molecule has 0 fully saturated rings. The molecule has 15 heavy (non-hydrogen) atoms. The molecule has 1 N–H and O–H groups in total. The molecule has 0 unspecified atom stereocenters. The van der Waals surface area contributed by atoms with Crippen molar-refractivity contribution in [2.75, 3.05) is 0 Å². The second kappa shape index (κ2) is 3.23. The number of phenolic OH excluding ortho intramolecular Hbond substituents is 1. The first-order chi connectivity index (χ1) is 6.98. The average molecular weight is 201 g/mol. The van der Waals surface area contributed by atoms with E-state index in [-0.39, 0.29) is 11.2 Å². The van der Waals surface area contributed by atoms with Crippen LogP contribution in [0.4, 0.5) is 0 Å². The van der Waals surface area contributed by atoms with Gasteiger partial charge < -0.3 is 5.11 Å². The number of hydrogen-bond acceptors (Lipinski definition) is 2. The quantitative estimate of drug-likeness (QED) is 0.709. The molecular formula is C13H15NO. The van der Waals surface area contributed by atoms with Gasteiger partial charge in [0.25, 0.3) is 0 Å². The van der Waals surface area contributed by atoms with Gasteiger partial charge in [-0.1, -0.05) is 20.8 Å². The predicted molar refractivity (Wildman–Crippen MR) is 62.1 cm³/mol. The first-order valence-corrected chi connectivity index (χ1v) is 5.07. The van der Waals surface area contributed by atoms with Crippen LogP contribution in [0.1, 0.15) is 26.3 Å². The highest BCUT2D eigenvalue weighted by atomic mass is 16.3. The van der Waals surface area contributed by atoms with Crippen LogP contribution in [-0.4, -0.2) is 10.1 Å². The van der Waals surface area contributed by atoms with Crippen molar-refractivity contribution in [3.8, 4) is 5.75 Å². The molecule has 2 rings (SSSR count). The first kappa shape index (κ1) is 9.97. The molecule has 0 aliphatic carbocycles. The van der Waals surface area contributed by atoms with Crippen molar-refractivity contribution in [2.24, 2.45) is 0 Å². The molecule has 2 heteroatoms. The third kappa shape index (κ3) is 1.80. The van der Waals surface area contributed by atoms with Gasteiger partial charge in [-0.3, -0.25) is 4.98 Å². The Morgan fingerprint density at radius 2 is 1.87 bits per heavy atom. The Morgan fingerprint density at radius 1 is 1.13 bits per heavy atom. The second-order valence-corrected chi connectivity index (χ2v) is 4.81. The fourth-order valence-corrected chi connectivity index (χ4v) is 1.79. The molecule has 1 aromatic heterocycles. The van der Waals surface area contributed by atoms with Crippen LogP contribution in [0.5, 0.6) is 5.75 Å². The molecule has 0 saturated heterocycles. The Morgan fingerprint density at radius 3 is 2.53 bits per heavy atom. The fraction of sp³-hybridized carbons (Fsp3) is 0.308. The van der Waals surface area contributed by atoms with Crippen molar-refractivity contribution in [3.05, 3.63) is 36.0 Å². The van der Waals surface area contributed by atoms with Gasteiger partial charge in [0.2, 0.25) is 0 Å². The summed E-state index contributed by atoms with van der Waals surface area (Å²) in [6.45, 7) is 6.53. The molecule has 0 aliphatic heterocycles. The molecule has 0 amide bonds. The minimum Gasteiger partial charge on any atom is -0.508 e. The molecule has 1 aromatic carbocycles. The van der Waals surface area contributed by atoms with Gasteiger partial charge in [-0.25, -0.2) is 0 Å². The Balaban J connectivity index is 2.77. The molecule has 0 bridgehead atoms. The summed E-state index contributed by atoms with van der Waals surface area (Å²) in [5.74, 6) is 0.265. The Bertz CT molecular complexity index is 497. The minimum atomic E-state index is 0.0954. The number of hydrogen-bond donors (Lipinski definition) is 1. The zero-order valence-electron chi connectivity index (χ0n) is 9.28. The van der Waals surface area contributed by atoms with Crippen LogP contribution in [0.25, 0.3) is 10.9 Å². The van der Waals surface area contributed by atoms with Crippen LogP contribution in [0, 0.1) is 0 Å². The highest BCUT2D eigenvalue weighted by Crippen LogP contribution is 2.30. The topological polar surface area (TPSA) is 33.1 Å². The zero-order valence-corrected chi connectivity index (χ0v) is 9.28. The number of aromatic hydroxyl groups is 1. The summed E-state index contributed by atoms with van der Waals surface area (Å²) in [6, 6.07) is 7.38. The van der Waals surface area contributed by atoms with E-state index in [1.807, 2.05) is 12.1 Å². The first-order valence-electron chi connectivity index (χ1n) is 5.07. The normalized spacial score (nSPS) is 11.9. The number of pyridine rings is 1. The molecule has 2 aromatic rings. The molecule has 0 aliphatic rings. The fourth-order valence-electron chi connectivity index (χ4n) is 1.79. The van der Waals surface area contributed by atoms with E-state index in [0.29, 0.717) is 0 Å². The van der Waals surface area contributed by atoms with Crippen LogP contribution < -0.4 is 0 Å². The van der Waals surface area contributed by atoms with E-state index in [2.05, 4.69) is 25.8 Å². The highest BCUT2D eigenvalue weighted by molar-refractivity contribution is 5.84. The highest BCUT2D eigenvalue weighted by Gasteiger charge is 2.16. The molecular weight excluding hydrogens is 186 g/mol. The van der Waals surface area contributed by atoms with Gasteiger partial charge in [0.1, 0.15) is 5.75 Å². The molecule has 78 valence electrons. The lowest BCUT2D eigenvalue weighted by Crippen LogP contribution is -2.11. The van der Waals surface area contributed by atoms with Crippen molar-refractivity contribution in [2.45, 2.75) is 26.2 Å². The van der Waals surface area contributed by atoms with Crippen LogP contribution in [0.15, 0.2) is 30.5 Å². The smallest absolute Gasteiger partial charge is 0.117 e. The number of fused-ring (bicyclic) bond motifs is 1. The van der Waals surface area contributed by atoms with Gasteiger partial charge in [0, 0.05) is 17.6 Å². The number of aromatic nitrogens is 1. The van der Waals surface area contributed by atoms with Crippen LogP contribution in [0.3, 0.4) is 0 Å². The summed E-state index contributed by atoms with van der Waals surface area (Å²) in [5, 5.41) is 10.5. The Labute approximate surface area is 89.6 Å². The van der Waals surface area contributed by atoms with E-state index >= 15 is 0 Å². The summed E-state index contributed by atoms with van der Waals surface area (Å²) in [4.78, 5) is 4.26. The van der Waals surface area contributed by atoms with Crippen molar-refractivity contribution in [1.82, 2.24) is 4.98 Å². The van der Waals surface area contributed by atoms with Crippen molar-refractivity contribution < 1.29 is 5.11 Å². The Hall–Kier alpha value is -1.57. The van der Waals surface area contributed by atoms with Crippen molar-refractivity contribution >= 4 is 10.9 Å². The lowest BCUT2D eigenvalue weighted by atomic mass is 9.85. The van der Waals surface area contributed by atoms with E-state index in [1.54, 1.807) is 18.3 Å².